The number of rotatable bonds is 9. The fourth-order valence-electron chi connectivity index (χ4n) is 3.85. The maximum atomic E-state index is 13.3. The van der Waals surface area contributed by atoms with Crippen molar-refractivity contribution in [1.29, 1.82) is 0 Å². The van der Waals surface area contributed by atoms with Gasteiger partial charge in [0, 0.05) is 36.2 Å². The number of anilines is 1. The van der Waals surface area contributed by atoms with Crippen LogP contribution in [0.5, 0.6) is 0 Å². The Morgan fingerprint density at radius 3 is 2.55 bits per heavy atom. The largest absolute Gasteiger partial charge is 0.481 e. The van der Waals surface area contributed by atoms with E-state index >= 15 is 0 Å². The van der Waals surface area contributed by atoms with Gasteiger partial charge in [0.25, 0.3) is 10.0 Å². The van der Waals surface area contributed by atoms with Crippen molar-refractivity contribution >= 4 is 33.3 Å². The summed E-state index contributed by atoms with van der Waals surface area (Å²) in [6.07, 6.45) is 2.77. The zero-order valence-electron chi connectivity index (χ0n) is 17.1. The number of nitroso groups, excluding NO2 is 1. The van der Waals surface area contributed by atoms with Gasteiger partial charge in [-0.15, -0.1) is 4.91 Å². The van der Waals surface area contributed by atoms with E-state index in [4.69, 9.17) is 16.7 Å². The van der Waals surface area contributed by atoms with Gasteiger partial charge in [-0.05, 0) is 31.0 Å². The van der Waals surface area contributed by atoms with Crippen molar-refractivity contribution in [2.45, 2.75) is 43.0 Å². The van der Waals surface area contributed by atoms with Crippen LogP contribution in [0.1, 0.15) is 49.3 Å². The lowest BCUT2D eigenvalue weighted by Crippen LogP contribution is -2.26. The van der Waals surface area contributed by atoms with Crippen LogP contribution in [0.4, 0.5) is 5.69 Å². The maximum absolute atomic E-state index is 13.3. The van der Waals surface area contributed by atoms with E-state index in [0.717, 1.165) is 12.8 Å². The third-order valence-electron chi connectivity index (χ3n) is 5.41. The van der Waals surface area contributed by atoms with Crippen molar-refractivity contribution in [2.75, 3.05) is 17.9 Å². The summed E-state index contributed by atoms with van der Waals surface area (Å²) in [5, 5.41) is 13.6. The Labute approximate surface area is 186 Å². The minimum absolute atomic E-state index is 0.0406. The smallest absolute Gasteiger partial charge is 0.303 e. The summed E-state index contributed by atoms with van der Waals surface area (Å²) in [7, 11) is -2.41. The maximum Gasteiger partial charge on any atom is 0.303 e. The Balaban J connectivity index is 1.97. The molecule has 0 fully saturated rings. The van der Waals surface area contributed by atoms with Crippen LogP contribution in [-0.4, -0.2) is 38.1 Å². The summed E-state index contributed by atoms with van der Waals surface area (Å²) in [5.41, 5.74) is 1.56. The number of para-hydroxylation sites is 1. The molecule has 1 aliphatic rings. The van der Waals surface area contributed by atoms with Crippen molar-refractivity contribution < 1.29 is 18.3 Å². The molecule has 1 aliphatic heterocycles. The first-order valence-corrected chi connectivity index (χ1v) is 11.8. The van der Waals surface area contributed by atoms with E-state index in [0.29, 0.717) is 36.2 Å². The summed E-state index contributed by atoms with van der Waals surface area (Å²) < 4.78 is 27.8. The second-order valence-corrected chi connectivity index (χ2v) is 9.79. The SMILES string of the molecule is CN1c2ccccc2C(N(CCCCCCC(=O)O)N=O)c2ccc(Cl)cc2S1(=O)=O. The molecule has 8 nitrogen and oxygen atoms in total. The van der Waals surface area contributed by atoms with Gasteiger partial charge in [0.05, 0.1) is 15.9 Å². The van der Waals surface area contributed by atoms with Gasteiger partial charge < -0.3 is 5.11 Å². The summed E-state index contributed by atoms with van der Waals surface area (Å²) in [5.74, 6) is -0.827. The molecule has 0 radical (unpaired) electrons. The average Bonchev–Trinajstić information content (AvgIpc) is 2.81. The van der Waals surface area contributed by atoms with E-state index in [1.54, 1.807) is 36.4 Å². The van der Waals surface area contributed by atoms with Gasteiger partial charge in [0.2, 0.25) is 0 Å². The summed E-state index contributed by atoms with van der Waals surface area (Å²) in [4.78, 5) is 22.5. The highest BCUT2D eigenvalue weighted by atomic mass is 35.5. The van der Waals surface area contributed by atoms with E-state index in [-0.39, 0.29) is 16.3 Å². The van der Waals surface area contributed by atoms with E-state index in [9.17, 15) is 18.1 Å². The molecule has 1 heterocycles. The molecule has 1 N–H and O–H groups in total. The number of fused-ring (bicyclic) bond motifs is 2. The number of unbranched alkanes of at least 4 members (excludes halogenated alkanes) is 3. The number of carboxylic acids is 1. The molecule has 0 aliphatic carbocycles. The van der Waals surface area contributed by atoms with Crippen LogP contribution >= 0.6 is 11.6 Å². The van der Waals surface area contributed by atoms with Gasteiger partial charge in [-0.2, -0.15) is 0 Å². The van der Waals surface area contributed by atoms with E-state index in [2.05, 4.69) is 5.29 Å². The Hall–Kier alpha value is -2.65. The monoisotopic (exact) mass is 465 g/mol. The third kappa shape index (κ3) is 4.83. The lowest BCUT2D eigenvalue weighted by Gasteiger charge is -2.28. The predicted molar refractivity (Wildman–Crippen MR) is 119 cm³/mol. The van der Waals surface area contributed by atoms with Crippen LogP contribution in [0, 0.1) is 4.91 Å². The number of carbonyl (C=O) groups is 1. The Kier molecular flexibility index (Phi) is 7.17. The normalized spacial score (nSPS) is 16.7. The van der Waals surface area contributed by atoms with Crippen LogP contribution < -0.4 is 4.31 Å². The van der Waals surface area contributed by atoms with E-state index in [1.807, 2.05) is 0 Å². The number of carboxylic acid groups (broad SMARTS) is 1. The van der Waals surface area contributed by atoms with Crippen LogP contribution in [-0.2, 0) is 14.8 Å². The van der Waals surface area contributed by atoms with Crippen molar-refractivity contribution in [3.05, 3.63) is 63.5 Å². The van der Waals surface area contributed by atoms with Gasteiger partial charge in [-0.3, -0.25) is 9.10 Å². The zero-order chi connectivity index (χ0) is 22.6. The molecule has 2 aromatic carbocycles. The van der Waals surface area contributed by atoms with Gasteiger partial charge >= 0.3 is 5.97 Å². The van der Waals surface area contributed by atoms with Crippen LogP contribution in [0.2, 0.25) is 5.02 Å². The fourth-order valence-corrected chi connectivity index (χ4v) is 5.56. The number of benzene rings is 2. The van der Waals surface area contributed by atoms with Crippen LogP contribution in [0.3, 0.4) is 0 Å². The molecule has 166 valence electrons. The standard InChI is InChI=1S/C21H24ClN3O5S/c1-24-18-9-6-5-8-16(18)21(17-12-11-15(22)14-19(17)31(24,29)30)25(23-28)13-7-3-2-4-10-20(26)27/h5-6,8-9,11-12,14,21H,2-4,7,10,13H2,1H3,(H,26,27). The number of hydrogen-bond donors (Lipinski definition) is 1. The topological polar surface area (TPSA) is 107 Å². The first-order chi connectivity index (χ1) is 14.8. The number of halogens is 1. The molecular weight excluding hydrogens is 442 g/mol. The Morgan fingerprint density at radius 1 is 1.13 bits per heavy atom. The van der Waals surface area contributed by atoms with Crippen LogP contribution in [0.25, 0.3) is 0 Å². The Bertz CT molecular complexity index is 1080. The minimum atomic E-state index is -3.89. The minimum Gasteiger partial charge on any atom is -0.481 e. The molecule has 0 saturated carbocycles. The lowest BCUT2D eigenvalue weighted by molar-refractivity contribution is -0.137. The van der Waals surface area contributed by atoms with E-state index in [1.165, 1.54) is 22.4 Å². The van der Waals surface area contributed by atoms with Gasteiger partial charge in [0.1, 0.15) is 6.04 Å². The molecule has 0 bridgehead atoms. The van der Waals surface area contributed by atoms with Crippen molar-refractivity contribution in [3.8, 4) is 0 Å². The van der Waals surface area contributed by atoms with Crippen molar-refractivity contribution in [1.82, 2.24) is 5.01 Å². The first-order valence-electron chi connectivity index (χ1n) is 9.96. The molecule has 0 saturated heterocycles. The number of hydrogen-bond acceptors (Lipinski definition) is 5. The molecule has 3 rings (SSSR count). The molecule has 2 aromatic rings. The highest BCUT2D eigenvalue weighted by Crippen LogP contribution is 2.43. The number of sulfonamides is 1. The molecule has 1 atom stereocenters. The molecule has 10 heteroatoms. The fraction of sp³-hybridized carbons (Fsp3) is 0.381. The highest BCUT2D eigenvalue weighted by Gasteiger charge is 2.37. The van der Waals surface area contributed by atoms with Crippen molar-refractivity contribution in [2.24, 2.45) is 5.29 Å². The second kappa shape index (κ2) is 9.65. The molecule has 0 amide bonds. The lowest BCUT2D eigenvalue weighted by atomic mass is 9.96. The number of aliphatic carboxylic acids is 1. The van der Waals surface area contributed by atoms with E-state index < -0.39 is 22.0 Å². The second-order valence-electron chi connectivity index (χ2n) is 7.42. The quantitative estimate of drug-likeness (QED) is 0.330. The summed E-state index contributed by atoms with van der Waals surface area (Å²) in [6, 6.07) is 11.0. The van der Waals surface area contributed by atoms with Crippen molar-refractivity contribution in [3.63, 3.8) is 0 Å². The summed E-state index contributed by atoms with van der Waals surface area (Å²) in [6.45, 7) is 0.307. The molecule has 31 heavy (non-hydrogen) atoms. The highest BCUT2D eigenvalue weighted by molar-refractivity contribution is 7.92. The van der Waals surface area contributed by atoms with Gasteiger partial charge in [0.15, 0.2) is 0 Å². The summed E-state index contributed by atoms with van der Waals surface area (Å²) >= 11 is 6.11. The Morgan fingerprint density at radius 2 is 1.84 bits per heavy atom. The molecule has 1 unspecified atom stereocenters. The third-order valence-corrected chi connectivity index (χ3v) is 7.47. The average molecular weight is 466 g/mol. The number of nitrogens with zero attached hydrogens (tertiary/aromatic N) is 3. The first kappa shape index (κ1) is 23.0. The van der Waals surface area contributed by atoms with Gasteiger partial charge in [-0.25, -0.2) is 13.4 Å². The van der Waals surface area contributed by atoms with Crippen LogP contribution in [0.15, 0.2) is 52.6 Å². The van der Waals surface area contributed by atoms with Gasteiger partial charge in [-0.1, -0.05) is 48.7 Å². The molecule has 0 spiro atoms. The molecule has 0 aromatic heterocycles. The zero-order valence-corrected chi connectivity index (χ0v) is 18.6. The molecular formula is C21H24ClN3O5S. The predicted octanol–water partition coefficient (Wildman–Crippen LogP) is 4.59.